The number of carbonyl (C=O) groups excluding carboxylic acids is 1. The molecule has 1 aromatic carbocycles. The molecule has 1 amide bonds. The summed E-state index contributed by atoms with van der Waals surface area (Å²) in [5.41, 5.74) is 0.493. The van der Waals surface area contributed by atoms with Gasteiger partial charge in [0.05, 0.1) is 4.70 Å². The van der Waals surface area contributed by atoms with Crippen molar-refractivity contribution >= 4 is 27.5 Å². The number of phenols is 1. The number of fused-ring (bicyclic) bond motifs is 1. The number of amides is 1. The van der Waals surface area contributed by atoms with Crippen molar-refractivity contribution in [2.24, 2.45) is 0 Å². The standard InChI is InChI=1S/C10H10N2O2S/c1-12(2)10(14)9-11-8-6(13)4-3-5-7(8)15-9/h3-5,13H,1-2H3. The topological polar surface area (TPSA) is 53.4 Å². The zero-order valence-corrected chi connectivity index (χ0v) is 9.21. The van der Waals surface area contributed by atoms with Crippen LogP contribution in [0.2, 0.25) is 0 Å². The largest absolute Gasteiger partial charge is 0.506 e. The van der Waals surface area contributed by atoms with Crippen LogP contribution >= 0.6 is 11.3 Å². The monoisotopic (exact) mass is 222 g/mol. The molecule has 15 heavy (non-hydrogen) atoms. The van der Waals surface area contributed by atoms with Crippen LogP contribution in [0.25, 0.3) is 10.2 Å². The predicted octanol–water partition coefficient (Wildman–Crippen LogP) is 1.70. The number of thiazole rings is 1. The van der Waals surface area contributed by atoms with Gasteiger partial charge in [-0.15, -0.1) is 11.3 Å². The third-order valence-corrected chi connectivity index (χ3v) is 3.00. The Morgan fingerprint density at radius 1 is 1.47 bits per heavy atom. The number of carbonyl (C=O) groups is 1. The van der Waals surface area contributed by atoms with E-state index in [9.17, 15) is 9.90 Å². The molecule has 0 fully saturated rings. The van der Waals surface area contributed by atoms with Crippen LogP contribution < -0.4 is 0 Å². The summed E-state index contributed by atoms with van der Waals surface area (Å²) in [7, 11) is 3.35. The second-order valence-electron chi connectivity index (χ2n) is 3.34. The number of para-hydroxylation sites is 1. The van der Waals surface area contributed by atoms with E-state index in [2.05, 4.69) is 4.98 Å². The summed E-state index contributed by atoms with van der Waals surface area (Å²) < 4.78 is 0.820. The molecule has 0 aliphatic heterocycles. The highest BCUT2D eigenvalue weighted by molar-refractivity contribution is 7.20. The van der Waals surface area contributed by atoms with Gasteiger partial charge in [0.2, 0.25) is 0 Å². The molecule has 0 aliphatic rings. The summed E-state index contributed by atoms with van der Waals surface area (Å²) in [6.07, 6.45) is 0. The number of rotatable bonds is 1. The summed E-state index contributed by atoms with van der Waals surface area (Å²) in [6.45, 7) is 0. The molecule has 0 atom stereocenters. The van der Waals surface area contributed by atoms with E-state index in [1.165, 1.54) is 16.2 Å². The van der Waals surface area contributed by atoms with Crippen molar-refractivity contribution in [1.29, 1.82) is 0 Å². The van der Waals surface area contributed by atoms with Crippen LogP contribution in [-0.4, -0.2) is 35.0 Å². The van der Waals surface area contributed by atoms with Crippen molar-refractivity contribution in [1.82, 2.24) is 9.88 Å². The molecule has 5 heteroatoms. The van der Waals surface area contributed by atoms with E-state index >= 15 is 0 Å². The van der Waals surface area contributed by atoms with Crippen LogP contribution in [0.1, 0.15) is 9.80 Å². The van der Waals surface area contributed by atoms with Crippen LogP contribution in [0.5, 0.6) is 5.75 Å². The maximum atomic E-state index is 11.6. The number of nitrogens with zero attached hydrogens (tertiary/aromatic N) is 2. The number of hydrogen-bond acceptors (Lipinski definition) is 4. The average molecular weight is 222 g/mol. The molecule has 1 heterocycles. The number of phenolic OH excluding ortho intramolecular Hbond substituents is 1. The maximum Gasteiger partial charge on any atom is 0.282 e. The molecule has 0 saturated heterocycles. The van der Waals surface area contributed by atoms with Gasteiger partial charge in [0.25, 0.3) is 5.91 Å². The first kappa shape index (κ1) is 9.92. The second kappa shape index (κ2) is 3.51. The molecule has 2 rings (SSSR count). The van der Waals surface area contributed by atoms with Gasteiger partial charge in [-0.1, -0.05) is 6.07 Å². The van der Waals surface area contributed by atoms with Gasteiger partial charge in [0.1, 0.15) is 11.3 Å². The number of hydrogen-bond donors (Lipinski definition) is 1. The van der Waals surface area contributed by atoms with Gasteiger partial charge >= 0.3 is 0 Å². The average Bonchev–Trinajstić information content (AvgIpc) is 2.61. The summed E-state index contributed by atoms with van der Waals surface area (Å²) in [6, 6.07) is 5.13. The van der Waals surface area contributed by atoms with Crippen molar-refractivity contribution in [2.45, 2.75) is 0 Å². The van der Waals surface area contributed by atoms with Gasteiger partial charge in [0, 0.05) is 14.1 Å². The van der Waals surface area contributed by atoms with Crippen molar-refractivity contribution < 1.29 is 9.90 Å². The summed E-state index contributed by atoms with van der Waals surface area (Å²) in [5.74, 6) is -0.0304. The Morgan fingerprint density at radius 3 is 2.80 bits per heavy atom. The maximum absolute atomic E-state index is 11.6. The van der Waals surface area contributed by atoms with Gasteiger partial charge in [0.15, 0.2) is 5.01 Å². The van der Waals surface area contributed by atoms with Gasteiger partial charge in [-0.3, -0.25) is 4.79 Å². The third-order valence-electron chi connectivity index (χ3n) is 1.99. The van der Waals surface area contributed by atoms with Crippen molar-refractivity contribution in [3.05, 3.63) is 23.2 Å². The van der Waals surface area contributed by atoms with E-state index in [0.717, 1.165) is 4.70 Å². The molecule has 0 radical (unpaired) electrons. The van der Waals surface area contributed by atoms with Gasteiger partial charge in [-0.2, -0.15) is 0 Å². The Kier molecular flexibility index (Phi) is 2.32. The Bertz CT molecular complexity index is 519. The Balaban J connectivity index is 2.57. The highest BCUT2D eigenvalue weighted by atomic mass is 32.1. The summed E-state index contributed by atoms with van der Waals surface area (Å²) in [4.78, 5) is 17.2. The molecule has 4 nitrogen and oxygen atoms in total. The highest BCUT2D eigenvalue weighted by Crippen LogP contribution is 2.28. The molecule has 0 saturated carbocycles. The molecule has 0 spiro atoms. The van der Waals surface area contributed by atoms with Crippen LogP contribution in [0, 0.1) is 0 Å². The molecule has 0 unspecified atom stereocenters. The van der Waals surface area contributed by atoms with Gasteiger partial charge < -0.3 is 10.0 Å². The lowest BCUT2D eigenvalue weighted by Gasteiger charge is -2.05. The lowest BCUT2D eigenvalue weighted by atomic mass is 10.3. The molecule has 0 aliphatic carbocycles. The predicted molar refractivity (Wildman–Crippen MR) is 59.3 cm³/mol. The van der Waals surface area contributed by atoms with E-state index in [1.807, 2.05) is 6.07 Å². The summed E-state index contributed by atoms with van der Waals surface area (Å²) in [5, 5.41) is 9.92. The first-order valence-electron chi connectivity index (χ1n) is 4.40. The molecule has 1 aromatic heterocycles. The summed E-state index contributed by atoms with van der Waals surface area (Å²) >= 11 is 1.29. The zero-order valence-electron chi connectivity index (χ0n) is 8.39. The number of aromatic hydroxyl groups is 1. The first-order valence-corrected chi connectivity index (χ1v) is 5.21. The normalized spacial score (nSPS) is 10.5. The molecule has 0 bridgehead atoms. The third kappa shape index (κ3) is 1.66. The fraction of sp³-hybridized carbons (Fsp3) is 0.200. The van der Waals surface area contributed by atoms with E-state index < -0.39 is 0 Å². The zero-order chi connectivity index (χ0) is 11.0. The van der Waals surface area contributed by atoms with Crippen LogP contribution in [-0.2, 0) is 0 Å². The molecular weight excluding hydrogens is 212 g/mol. The minimum absolute atomic E-state index is 0.113. The van der Waals surface area contributed by atoms with Crippen LogP contribution in [0.4, 0.5) is 0 Å². The van der Waals surface area contributed by atoms with Gasteiger partial charge in [-0.25, -0.2) is 4.98 Å². The molecular formula is C10H10N2O2S. The quantitative estimate of drug-likeness (QED) is 0.799. The van der Waals surface area contributed by atoms with E-state index in [-0.39, 0.29) is 11.7 Å². The van der Waals surface area contributed by atoms with E-state index in [0.29, 0.717) is 10.5 Å². The van der Waals surface area contributed by atoms with Crippen LogP contribution in [0.15, 0.2) is 18.2 Å². The van der Waals surface area contributed by atoms with Gasteiger partial charge in [-0.05, 0) is 12.1 Å². The second-order valence-corrected chi connectivity index (χ2v) is 4.37. The fourth-order valence-corrected chi connectivity index (χ4v) is 2.23. The molecule has 1 N–H and O–H groups in total. The lowest BCUT2D eigenvalue weighted by molar-refractivity contribution is 0.0827. The van der Waals surface area contributed by atoms with Crippen molar-refractivity contribution in [3.63, 3.8) is 0 Å². The minimum atomic E-state index is -0.143. The highest BCUT2D eigenvalue weighted by Gasteiger charge is 2.15. The molecule has 78 valence electrons. The Hall–Kier alpha value is -1.62. The van der Waals surface area contributed by atoms with Crippen molar-refractivity contribution in [2.75, 3.05) is 14.1 Å². The van der Waals surface area contributed by atoms with Crippen molar-refractivity contribution in [3.8, 4) is 5.75 Å². The minimum Gasteiger partial charge on any atom is -0.506 e. The Labute approximate surface area is 90.8 Å². The Morgan fingerprint density at radius 2 is 2.20 bits per heavy atom. The fourth-order valence-electron chi connectivity index (χ4n) is 1.22. The first-order chi connectivity index (χ1) is 7.09. The van der Waals surface area contributed by atoms with E-state index in [4.69, 9.17) is 0 Å². The number of aromatic nitrogens is 1. The number of benzene rings is 1. The van der Waals surface area contributed by atoms with Crippen LogP contribution in [0.3, 0.4) is 0 Å². The van der Waals surface area contributed by atoms with E-state index in [1.54, 1.807) is 26.2 Å². The molecule has 2 aromatic rings. The SMILES string of the molecule is CN(C)C(=O)c1nc2c(O)cccc2s1. The smallest absolute Gasteiger partial charge is 0.282 e. The lowest BCUT2D eigenvalue weighted by Crippen LogP contribution is -2.21.